The highest BCUT2D eigenvalue weighted by Gasteiger charge is 2.27. The Balaban J connectivity index is 2.47. The lowest BCUT2D eigenvalue weighted by molar-refractivity contribution is 0.598. The Morgan fingerprint density at radius 2 is 1.57 bits per heavy atom. The number of anilines is 1. The molecule has 0 amide bonds. The SMILES string of the molecule is Cc1ccc(S(=O)(=O)N(SC(Cl)Cl)c2ccccc2)cc1. The first-order valence-electron chi connectivity index (χ1n) is 6.03. The van der Waals surface area contributed by atoms with E-state index in [1.807, 2.05) is 13.0 Å². The Bertz CT molecular complexity index is 689. The number of benzene rings is 2. The average Bonchev–Trinajstić information content (AvgIpc) is 2.46. The van der Waals surface area contributed by atoms with E-state index in [-0.39, 0.29) is 4.90 Å². The zero-order valence-electron chi connectivity index (χ0n) is 11.1. The Morgan fingerprint density at radius 1 is 1.00 bits per heavy atom. The molecule has 0 saturated heterocycles. The molecule has 112 valence electrons. The van der Waals surface area contributed by atoms with Gasteiger partial charge in [0.25, 0.3) is 10.0 Å². The first-order chi connectivity index (χ1) is 9.91. The first kappa shape index (κ1) is 16.5. The molecule has 0 aliphatic heterocycles. The van der Waals surface area contributed by atoms with Crippen LogP contribution in [0.3, 0.4) is 0 Å². The quantitative estimate of drug-likeness (QED) is 0.576. The van der Waals surface area contributed by atoms with Crippen molar-refractivity contribution in [2.24, 2.45) is 0 Å². The Kier molecular flexibility index (Phi) is 5.43. The molecule has 0 aliphatic rings. The number of para-hydroxylation sites is 1. The number of halogens is 2. The van der Waals surface area contributed by atoms with Gasteiger partial charge in [0.05, 0.1) is 10.6 Å². The fourth-order valence-electron chi connectivity index (χ4n) is 1.68. The van der Waals surface area contributed by atoms with Gasteiger partial charge in [0, 0.05) is 11.9 Å². The predicted molar refractivity (Wildman–Crippen MR) is 90.4 cm³/mol. The number of alkyl halides is 2. The largest absolute Gasteiger partial charge is 0.273 e. The van der Waals surface area contributed by atoms with E-state index in [9.17, 15) is 8.42 Å². The lowest BCUT2D eigenvalue weighted by atomic mass is 10.2. The Hall–Kier alpha value is -0.880. The minimum atomic E-state index is -3.74. The molecular formula is C14H13Cl2NO2S2. The molecule has 0 atom stereocenters. The summed E-state index contributed by atoms with van der Waals surface area (Å²) in [6.45, 7) is 1.90. The van der Waals surface area contributed by atoms with Gasteiger partial charge in [-0.2, -0.15) is 0 Å². The zero-order valence-corrected chi connectivity index (χ0v) is 14.3. The van der Waals surface area contributed by atoms with Crippen molar-refractivity contribution in [3.05, 3.63) is 60.2 Å². The molecule has 0 N–H and O–H groups in total. The minimum absolute atomic E-state index is 0.193. The molecule has 0 aromatic heterocycles. The van der Waals surface area contributed by atoms with Gasteiger partial charge in [0.1, 0.15) is 0 Å². The van der Waals surface area contributed by atoms with Crippen LogP contribution in [-0.4, -0.2) is 12.6 Å². The molecule has 7 heteroatoms. The maximum absolute atomic E-state index is 12.8. The van der Waals surface area contributed by atoms with Gasteiger partial charge >= 0.3 is 0 Å². The topological polar surface area (TPSA) is 37.4 Å². The number of hydrogen-bond donors (Lipinski definition) is 0. The number of hydrogen-bond acceptors (Lipinski definition) is 3. The van der Waals surface area contributed by atoms with Crippen LogP contribution in [0.4, 0.5) is 5.69 Å². The fraction of sp³-hybridized carbons (Fsp3) is 0.143. The zero-order chi connectivity index (χ0) is 15.5. The van der Waals surface area contributed by atoms with Crippen LogP contribution in [-0.2, 0) is 10.0 Å². The van der Waals surface area contributed by atoms with Gasteiger partial charge in [0.2, 0.25) is 0 Å². The summed E-state index contributed by atoms with van der Waals surface area (Å²) in [6.07, 6.45) is 0. The molecule has 0 aliphatic carbocycles. The highest BCUT2D eigenvalue weighted by atomic mass is 35.5. The predicted octanol–water partition coefficient (Wildman–Crippen LogP) is 4.60. The first-order valence-corrected chi connectivity index (χ1v) is 9.18. The Morgan fingerprint density at radius 3 is 2.10 bits per heavy atom. The average molecular weight is 362 g/mol. The van der Waals surface area contributed by atoms with E-state index in [1.54, 1.807) is 48.5 Å². The summed E-state index contributed by atoms with van der Waals surface area (Å²) < 4.78 is 25.8. The van der Waals surface area contributed by atoms with Gasteiger partial charge in [-0.25, -0.2) is 12.1 Å². The molecule has 2 aromatic rings. The molecule has 21 heavy (non-hydrogen) atoms. The van der Waals surface area contributed by atoms with Gasteiger partial charge in [-0.05, 0) is 31.2 Å². The second kappa shape index (κ2) is 6.92. The van der Waals surface area contributed by atoms with Crippen LogP contribution in [0.2, 0.25) is 0 Å². The molecule has 0 radical (unpaired) electrons. The van der Waals surface area contributed by atoms with Crippen molar-refractivity contribution < 1.29 is 8.42 Å². The smallest absolute Gasteiger partial charge is 0.205 e. The van der Waals surface area contributed by atoms with Gasteiger partial charge in [0.15, 0.2) is 4.17 Å². The van der Waals surface area contributed by atoms with Crippen LogP contribution in [0.15, 0.2) is 59.5 Å². The van der Waals surface area contributed by atoms with E-state index in [1.165, 1.54) is 0 Å². The number of nitrogens with zero attached hydrogens (tertiary/aromatic N) is 1. The van der Waals surface area contributed by atoms with Gasteiger partial charge in [-0.1, -0.05) is 59.1 Å². The third kappa shape index (κ3) is 4.07. The van der Waals surface area contributed by atoms with Crippen molar-refractivity contribution >= 4 is 50.9 Å². The molecule has 0 saturated carbocycles. The van der Waals surface area contributed by atoms with Crippen molar-refractivity contribution in [2.45, 2.75) is 16.0 Å². The maximum atomic E-state index is 12.8. The number of aryl methyl sites for hydroxylation is 1. The molecule has 0 bridgehead atoms. The van der Waals surface area contributed by atoms with Crippen LogP contribution in [0, 0.1) is 6.92 Å². The summed E-state index contributed by atoms with van der Waals surface area (Å²) in [5.41, 5.74) is 1.48. The van der Waals surface area contributed by atoms with Crippen molar-refractivity contribution in [1.29, 1.82) is 0 Å². The number of rotatable bonds is 5. The normalized spacial score (nSPS) is 11.6. The summed E-state index contributed by atoms with van der Waals surface area (Å²) in [4.78, 5) is 0.193. The molecule has 3 nitrogen and oxygen atoms in total. The standard InChI is InChI=1S/C14H13Cl2NO2S2/c1-11-7-9-13(10-8-11)21(18,19)17(20-14(15)16)12-5-3-2-4-6-12/h2-10,14H,1H3. The summed E-state index contributed by atoms with van der Waals surface area (Å²) in [7, 11) is -3.74. The van der Waals surface area contributed by atoms with Crippen molar-refractivity contribution in [2.75, 3.05) is 3.71 Å². The summed E-state index contributed by atoms with van der Waals surface area (Å²) in [6, 6.07) is 15.3. The van der Waals surface area contributed by atoms with E-state index < -0.39 is 14.2 Å². The highest BCUT2D eigenvalue weighted by Crippen LogP contribution is 2.35. The molecular weight excluding hydrogens is 349 g/mol. The van der Waals surface area contributed by atoms with Gasteiger partial charge in [-0.3, -0.25) is 0 Å². The van der Waals surface area contributed by atoms with Crippen LogP contribution < -0.4 is 3.71 Å². The minimum Gasteiger partial charge on any atom is -0.205 e. The highest BCUT2D eigenvalue weighted by molar-refractivity contribution is 8.16. The second-order valence-corrected chi connectivity index (χ2v) is 8.93. The van der Waals surface area contributed by atoms with Crippen molar-refractivity contribution in [3.63, 3.8) is 0 Å². The van der Waals surface area contributed by atoms with Crippen LogP contribution in [0.5, 0.6) is 0 Å². The lowest BCUT2D eigenvalue weighted by Crippen LogP contribution is -2.25. The van der Waals surface area contributed by atoms with E-state index >= 15 is 0 Å². The van der Waals surface area contributed by atoms with Gasteiger partial charge in [-0.15, -0.1) is 0 Å². The van der Waals surface area contributed by atoms with Crippen molar-refractivity contribution in [1.82, 2.24) is 0 Å². The van der Waals surface area contributed by atoms with Crippen LogP contribution in [0.1, 0.15) is 5.56 Å². The summed E-state index contributed by atoms with van der Waals surface area (Å²) in [5.74, 6) is 0. The monoisotopic (exact) mass is 361 g/mol. The molecule has 2 rings (SSSR count). The second-order valence-electron chi connectivity index (χ2n) is 4.25. The van der Waals surface area contributed by atoms with E-state index in [0.717, 1.165) is 21.2 Å². The molecule has 0 unspecified atom stereocenters. The Labute approximate surface area is 139 Å². The number of sulfonamides is 1. The lowest BCUT2D eigenvalue weighted by Gasteiger charge is -2.23. The molecule has 2 aromatic carbocycles. The van der Waals surface area contributed by atoms with Gasteiger partial charge < -0.3 is 0 Å². The van der Waals surface area contributed by atoms with E-state index in [2.05, 4.69) is 0 Å². The van der Waals surface area contributed by atoms with Crippen LogP contribution in [0.25, 0.3) is 0 Å². The van der Waals surface area contributed by atoms with Crippen molar-refractivity contribution in [3.8, 4) is 0 Å². The molecule has 0 fully saturated rings. The van der Waals surface area contributed by atoms with Crippen LogP contribution >= 0.6 is 35.1 Å². The van der Waals surface area contributed by atoms with E-state index in [4.69, 9.17) is 23.2 Å². The third-order valence-electron chi connectivity index (χ3n) is 2.68. The van der Waals surface area contributed by atoms with E-state index in [0.29, 0.717) is 5.69 Å². The fourth-order valence-corrected chi connectivity index (χ4v) is 4.87. The molecule has 0 spiro atoms. The maximum Gasteiger partial charge on any atom is 0.273 e. The third-order valence-corrected chi connectivity index (χ3v) is 6.08. The summed E-state index contributed by atoms with van der Waals surface area (Å²) >= 11 is 12.4. The summed E-state index contributed by atoms with van der Waals surface area (Å²) in [5, 5.41) is 0. The molecule has 0 heterocycles.